The van der Waals surface area contributed by atoms with E-state index in [1.807, 2.05) is 0 Å². The molecular weight excluding hydrogens is 337 g/mol. The molecule has 2 fully saturated rings. The molecule has 25 heavy (non-hydrogen) atoms. The van der Waals surface area contributed by atoms with Crippen LogP contribution in [0.4, 0.5) is 13.2 Å². The first-order valence-corrected chi connectivity index (χ1v) is 8.48. The van der Waals surface area contributed by atoms with Crippen LogP contribution in [-0.2, 0) is 4.74 Å². The summed E-state index contributed by atoms with van der Waals surface area (Å²) < 4.78 is 47.6. The summed E-state index contributed by atoms with van der Waals surface area (Å²) in [5, 5.41) is 13.3. The lowest BCUT2D eigenvalue weighted by Crippen LogP contribution is -2.53. The summed E-state index contributed by atoms with van der Waals surface area (Å²) in [6.07, 6.45) is -2.69. The highest BCUT2D eigenvalue weighted by molar-refractivity contribution is 5.46. The lowest BCUT2D eigenvalue weighted by atomic mass is 9.93. The molecule has 1 saturated carbocycles. The molecule has 0 amide bonds. The van der Waals surface area contributed by atoms with Gasteiger partial charge in [0.1, 0.15) is 18.1 Å². The van der Waals surface area contributed by atoms with Crippen molar-refractivity contribution in [2.75, 3.05) is 13.2 Å². The fourth-order valence-corrected chi connectivity index (χ4v) is 3.05. The molecule has 1 heterocycles. The van der Waals surface area contributed by atoms with E-state index >= 15 is 0 Å². The molecule has 1 aromatic carbocycles. The van der Waals surface area contributed by atoms with Crippen LogP contribution < -0.4 is 15.8 Å². The SMILES string of the molecule is NC1NC(c2c(O)cccc2OCC2CC2)CCC1OCC(F)(F)F. The van der Waals surface area contributed by atoms with Gasteiger partial charge in [0.15, 0.2) is 0 Å². The topological polar surface area (TPSA) is 76.7 Å². The normalized spacial score (nSPS) is 27.3. The highest BCUT2D eigenvalue weighted by atomic mass is 19.4. The Morgan fingerprint density at radius 2 is 1.96 bits per heavy atom. The van der Waals surface area contributed by atoms with Crippen LogP contribution in [0.15, 0.2) is 18.2 Å². The van der Waals surface area contributed by atoms with Crippen molar-refractivity contribution in [1.82, 2.24) is 5.32 Å². The minimum absolute atomic E-state index is 0.0904. The highest BCUT2D eigenvalue weighted by Gasteiger charge is 2.35. The third kappa shape index (κ3) is 4.99. The summed E-state index contributed by atoms with van der Waals surface area (Å²) in [7, 11) is 0. The summed E-state index contributed by atoms with van der Waals surface area (Å²) in [5.74, 6) is 1.25. The van der Waals surface area contributed by atoms with E-state index in [1.165, 1.54) is 0 Å². The van der Waals surface area contributed by atoms with Crippen LogP contribution in [0.5, 0.6) is 11.5 Å². The Labute approximate surface area is 144 Å². The molecule has 8 heteroatoms. The van der Waals surface area contributed by atoms with Crippen LogP contribution in [-0.4, -0.2) is 36.8 Å². The predicted octanol–water partition coefficient (Wildman–Crippen LogP) is 2.84. The number of alkyl halides is 3. The molecule has 3 atom stereocenters. The number of benzene rings is 1. The average molecular weight is 360 g/mol. The number of nitrogens with one attached hydrogen (secondary N) is 1. The summed E-state index contributed by atoms with van der Waals surface area (Å²) in [6, 6.07) is 4.77. The van der Waals surface area contributed by atoms with E-state index < -0.39 is 25.1 Å². The quantitative estimate of drug-likeness (QED) is 0.727. The van der Waals surface area contributed by atoms with Crippen LogP contribution >= 0.6 is 0 Å². The largest absolute Gasteiger partial charge is 0.507 e. The first-order chi connectivity index (χ1) is 11.8. The summed E-state index contributed by atoms with van der Waals surface area (Å²) in [5.41, 5.74) is 6.55. The molecule has 3 unspecified atom stereocenters. The molecule has 0 aromatic heterocycles. The van der Waals surface area contributed by atoms with Crippen molar-refractivity contribution >= 4 is 0 Å². The van der Waals surface area contributed by atoms with Gasteiger partial charge in [0.2, 0.25) is 0 Å². The van der Waals surface area contributed by atoms with Crippen molar-refractivity contribution in [2.45, 2.75) is 50.2 Å². The highest BCUT2D eigenvalue weighted by Crippen LogP contribution is 2.39. The van der Waals surface area contributed by atoms with Crippen molar-refractivity contribution in [3.63, 3.8) is 0 Å². The Balaban J connectivity index is 1.64. The van der Waals surface area contributed by atoms with Gasteiger partial charge in [-0.05, 0) is 43.7 Å². The monoisotopic (exact) mass is 360 g/mol. The minimum atomic E-state index is -4.38. The zero-order valence-corrected chi connectivity index (χ0v) is 13.8. The summed E-state index contributed by atoms with van der Waals surface area (Å²) in [4.78, 5) is 0. The van der Waals surface area contributed by atoms with Crippen LogP contribution in [0.25, 0.3) is 0 Å². The number of phenolic OH excluding ortho intramolecular Hbond substituents is 1. The summed E-state index contributed by atoms with van der Waals surface area (Å²) >= 11 is 0. The lowest BCUT2D eigenvalue weighted by Gasteiger charge is -2.36. The average Bonchev–Trinajstić information content (AvgIpc) is 3.35. The maximum Gasteiger partial charge on any atom is 0.411 e. The van der Waals surface area contributed by atoms with Gasteiger partial charge in [-0.1, -0.05) is 6.07 Å². The van der Waals surface area contributed by atoms with E-state index in [4.69, 9.17) is 15.2 Å². The Hall–Kier alpha value is -1.51. The second-order valence-corrected chi connectivity index (χ2v) is 6.73. The number of nitrogens with two attached hydrogens (primary N) is 1. The number of phenols is 1. The van der Waals surface area contributed by atoms with E-state index in [0.29, 0.717) is 36.7 Å². The molecule has 0 bridgehead atoms. The third-order valence-electron chi connectivity index (χ3n) is 4.56. The molecule has 3 rings (SSSR count). The van der Waals surface area contributed by atoms with Crippen LogP contribution in [0.3, 0.4) is 0 Å². The van der Waals surface area contributed by atoms with Gasteiger partial charge < -0.3 is 20.3 Å². The molecule has 1 aromatic rings. The van der Waals surface area contributed by atoms with Gasteiger partial charge in [0.05, 0.1) is 24.4 Å². The molecule has 0 radical (unpaired) electrons. The number of aromatic hydroxyl groups is 1. The van der Waals surface area contributed by atoms with E-state index in [9.17, 15) is 18.3 Å². The Morgan fingerprint density at radius 1 is 1.20 bits per heavy atom. The van der Waals surface area contributed by atoms with Gasteiger partial charge in [0.25, 0.3) is 0 Å². The zero-order valence-electron chi connectivity index (χ0n) is 13.8. The van der Waals surface area contributed by atoms with Gasteiger partial charge in [-0.15, -0.1) is 0 Å². The van der Waals surface area contributed by atoms with Gasteiger partial charge in [0, 0.05) is 6.04 Å². The van der Waals surface area contributed by atoms with E-state index in [1.54, 1.807) is 18.2 Å². The Bertz CT molecular complexity index is 593. The standard InChI is InChI=1S/C17H23F3N2O3/c18-17(19,20)9-25-14-7-6-11(22-16(14)21)15-12(23)2-1-3-13(15)24-8-10-4-5-10/h1-3,10-11,14,16,22-23H,4-9,21H2. The molecular formula is C17H23F3N2O3. The Morgan fingerprint density at radius 3 is 2.60 bits per heavy atom. The van der Waals surface area contributed by atoms with Crippen LogP contribution in [0.2, 0.25) is 0 Å². The number of piperidine rings is 1. The smallest absolute Gasteiger partial charge is 0.411 e. The maximum atomic E-state index is 12.3. The molecule has 0 spiro atoms. The van der Waals surface area contributed by atoms with Gasteiger partial charge in [-0.2, -0.15) is 13.2 Å². The molecule has 2 aliphatic rings. The van der Waals surface area contributed by atoms with Crippen molar-refractivity contribution in [3.8, 4) is 11.5 Å². The molecule has 4 N–H and O–H groups in total. The number of hydrogen-bond donors (Lipinski definition) is 3. The van der Waals surface area contributed by atoms with Crippen molar-refractivity contribution in [1.29, 1.82) is 0 Å². The summed E-state index contributed by atoms with van der Waals surface area (Å²) in [6.45, 7) is -0.712. The number of rotatable bonds is 6. The number of ether oxygens (including phenoxy) is 2. The molecule has 5 nitrogen and oxygen atoms in total. The van der Waals surface area contributed by atoms with Crippen LogP contribution in [0.1, 0.15) is 37.3 Å². The van der Waals surface area contributed by atoms with Crippen molar-refractivity contribution in [2.24, 2.45) is 11.7 Å². The lowest BCUT2D eigenvalue weighted by molar-refractivity contribution is -0.190. The van der Waals surface area contributed by atoms with E-state index in [2.05, 4.69) is 5.32 Å². The maximum absolute atomic E-state index is 12.3. The second-order valence-electron chi connectivity index (χ2n) is 6.73. The van der Waals surface area contributed by atoms with E-state index in [0.717, 1.165) is 12.8 Å². The van der Waals surface area contributed by atoms with Gasteiger partial charge in [-0.3, -0.25) is 5.32 Å². The number of halogens is 3. The predicted molar refractivity (Wildman–Crippen MR) is 85.2 cm³/mol. The van der Waals surface area contributed by atoms with Gasteiger partial charge >= 0.3 is 6.18 Å². The van der Waals surface area contributed by atoms with Crippen LogP contribution in [0, 0.1) is 5.92 Å². The molecule has 1 aliphatic heterocycles. The van der Waals surface area contributed by atoms with Crippen molar-refractivity contribution < 1.29 is 27.8 Å². The molecule has 1 saturated heterocycles. The zero-order chi connectivity index (χ0) is 18.0. The third-order valence-corrected chi connectivity index (χ3v) is 4.56. The fraction of sp³-hybridized carbons (Fsp3) is 0.647. The second kappa shape index (κ2) is 7.39. The van der Waals surface area contributed by atoms with Gasteiger partial charge in [-0.25, -0.2) is 0 Å². The first kappa shape index (κ1) is 18.3. The minimum Gasteiger partial charge on any atom is -0.507 e. The molecule has 140 valence electrons. The number of hydrogen-bond acceptors (Lipinski definition) is 5. The first-order valence-electron chi connectivity index (χ1n) is 8.48. The van der Waals surface area contributed by atoms with Crippen molar-refractivity contribution in [3.05, 3.63) is 23.8 Å². The molecule has 1 aliphatic carbocycles. The Kier molecular flexibility index (Phi) is 5.41. The fourth-order valence-electron chi connectivity index (χ4n) is 3.05. The van der Waals surface area contributed by atoms with E-state index in [-0.39, 0.29) is 11.8 Å².